The van der Waals surface area contributed by atoms with Crippen molar-refractivity contribution in [3.63, 3.8) is 0 Å². The van der Waals surface area contributed by atoms with Gasteiger partial charge in [-0.3, -0.25) is 9.69 Å². The number of nitrogens with zero attached hydrogens (tertiary/aromatic N) is 3. The molecule has 0 saturated carbocycles. The van der Waals surface area contributed by atoms with Crippen LogP contribution >= 0.6 is 11.8 Å². The molecule has 26 heavy (non-hydrogen) atoms. The number of hydrogen-bond acceptors (Lipinski definition) is 4. The van der Waals surface area contributed by atoms with Crippen molar-refractivity contribution in [1.82, 2.24) is 9.47 Å². The van der Waals surface area contributed by atoms with E-state index >= 15 is 0 Å². The highest BCUT2D eigenvalue weighted by atomic mass is 32.2. The van der Waals surface area contributed by atoms with E-state index in [9.17, 15) is 9.90 Å². The number of aromatic hydroxyl groups is 1. The summed E-state index contributed by atoms with van der Waals surface area (Å²) in [5.74, 6) is 0.0668. The first-order valence-corrected chi connectivity index (χ1v) is 8.94. The summed E-state index contributed by atoms with van der Waals surface area (Å²) < 4.78 is 2.05. The molecule has 0 aliphatic carbocycles. The second kappa shape index (κ2) is 6.38. The van der Waals surface area contributed by atoms with Gasteiger partial charge in [0.1, 0.15) is 5.75 Å². The van der Waals surface area contributed by atoms with E-state index in [4.69, 9.17) is 0 Å². The Morgan fingerprint density at radius 1 is 1.12 bits per heavy atom. The summed E-state index contributed by atoms with van der Waals surface area (Å²) in [5.41, 5.74) is 2.74. The molecule has 0 radical (unpaired) electrons. The van der Waals surface area contributed by atoms with Gasteiger partial charge in [0.25, 0.3) is 5.91 Å². The number of fused-ring (bicyclic) bond motifs is 1. The molecule has 1 saturated heterocycles. The first-order valence-electron chi connectivity index (χ1n) is 8.12. The van der Waals surface area contributed by atoms with Crippen LogP contribution in [-0.2, 0) is 11.8 Å². The number of amidine groups is 1. The molecule has 1 aliphatic rings. The van der Waals surface area contributed by atoms with E-state index in [0.29, 0.717) is 15.8 Å². The number of thioether (sulfide) groups is 1. The Labute approximate surface area is 155 Å². The molecule has 4 rings (SSSR count). The fourth-order valence-corrected chi connectivity index (χ4v) is 3.93. The molecule has 1 amide bonds. The molecule has 6 heteroatoms. The maximum atomic E-state index is 12.6. The molecule has 0 spiro atoms. The van der Waals surface area contributed by atoms with Crippen molar-refractivity contribution in [2.75, 3.05) is 7.05 Å². The highest BCUT2D eigenvalue weighted by Crippen LogP contribution is 2.35. The third-order valence-electron chi connectivity index (χ3n) is 4.27. The van der Waals surface area contributed by atoms with Crippen molar-refractivity contribution in [3.8, 4) is 5.75 Å². The van der Waals surface area contributed by atoms with Gasteiger partial charge in [-0.2, -0.15) is 0 Å². The summed E-state index contributed by atoms with van der Waals surface area (Å²) in [6, 6.07) is 14.8. The molecule has 1 N–H and O–H groups in total. The van der Waals surface area contributed by atoms with Crippen LogP contribution in [-0.4, -0.2) is 32.7 Å². The topological polar surface area (TPSA) is 57.8 Å². The van der Waals surface area contributed by atoms with Gasteiger partial charge < -0.3 is 9.67 Å². The fourth-order valence-electron chi connectivity index (χ4n) is 2.95. The molecule has 3 aromatic rings. The van der Waals surface area contributed by atoms with Crippen LogP contribution in [0.25, 0.3) is 17.0 Å². The van der Waals surface area contributed by atoms with Gasteiger partial charge in [0, 0.05) is 42.8 Å². The molecule has 1 aliphatic heterocycles. The second-order valence-electron chi connectivity index (χ2n) is 6.10. The van der Waals surface area contributed by atoms with Crippen molar-refractivity contribution in [3.05, 3.63) is 65.2 Å². The number of para-hydroxylation sites is 1. The van der Waals surface area contributed by atoms with Crippen LogP contribution in [0.1, 0.15) is 5.56 Å². The minimum atomic E-state index is -0.0816. The van der Waals surface area contributed by atoms with Crippen LogP contribution in [0.2, 0.25) is 0 Å². The van der Waals surface area contributed by atoms with Crippen molar-refractivity contribution < 1.29 is 9.90 Å². The maximum Gasteiger partial charge on any atom is 0.266 e. The Morgan fingerprint density at radius 2 is 1.92 bits per heavy atom. The Hall–Kier alpha value is -2.99. The van der Waals surface area contributed by atoms with E-state index in [1.165, 1.54) is 16.7 Å². The number of aliphatic imine (C=N–C) groups is 1. The average molecular weight is 363 g/mol. The third-order valence-corrected chi connectivity index (χ3v) is 5.33. The number of hydrogen-bond donors (Lipinski definition) is 1. The first-order chi connectivity index (χ1) is 12.5. The number of benzene rings is 2. The predicted octanol–water partition coefficient (Wildman–Crippen LogP) is 4.12. The van der Waals surface area contributed by atoms with Gasteiger partial charge >= 0.3 is 0 Å². The number of phenolic OH excluding ortho intramolecular Hbond substituents is 1. The summed E-state index contributed by atoms with van der Waals surface area (Å²) in [6.07, 6.45) is 3.94. The SMILES string of the molecule is CN1C(=O)/C(=C/c2cn(C)c3ccccc23)SC1=Nc1cccc(O)c1. The molecule has 1 aromatic heterocycles. The highest BCUT2D eigenvalue weighted by molar-refractivity contribution is 8.18. The van der Waals surface area contributed by atoms with Crippen LogP contribution in [0.15, 0.2) is 64.6 Å². The van der Waals surface area contributed by atoms with Crippen LogP contribution < -0.4 is 0 Å². The van der Waals surface area contributed by atoms with E-state index in [1.807, 2.05) is 31.5 Å². The minimum Gasteiger partial charge on any atom is -0.508 e. The van der Waals surface area contributed by atoms with Gasteiger partial charge in [0.15, 0.2) is 5.17 Å². The average Bonchev–Trinajstić information content (AvgIpc) is 3.08. The molecule has 130 valence electrons. The Morgan fingerprint density at radius 3 is 2.73 bits per heavy atom. The number of rotatable bonds is 2. The van der Waals surface area contributed by atoms with Crippen molar-refractivity contribution in [2.24, 2.45) is 12.0 Å². The summed E-state index contributed by atoms with van der Waals surface area (Å²) in [5, 5.41) is 11.3. The number of phenols is 1. The predicted molar refractivity (Wildman–Crippen MR) is 106 cm³/mol. The van der Waals surface area contributed by atoms with Crippen LogP contribution in [0.3, 0.4) is 0 Å². The quantitative estimate of drug-likeness (QED) is 0.697. The number of likely N-dealkylation sites (N-methyl/N-ethyl adjacent to an activating group) is 1. The lowest BCUT2D eigenvalue weighted by Crippen LogP contribution is -2.23. The highest BCUT2D eigenvalue weighted by Gasteiger charge is 2.30. The van der Waals surface area contributed by atoms with Gasteiger partial charge in [0.2, 0.25) is 0 Å². The van der Waals surface area contributed by atoms with Crippen molar-refractivity contribution in [2.45, 2.75) is 0 Å². The largest absolute Gasteiger partial charge is 0.508 e. The summed E-state index contributed by atoms with van der Waals surface area (Å²) in [7, 11) is 3.70. The van der Waals surface area contributed by atoms with Crippen LogP contribution in [0.4, 0.5) is 5.69 Å². The van der Waals surface area contributed by atoms with Gasteiger partial charge in [-0.1, -0.05) is 24.3 Å². The smallest absolute Gasteiger partial charge is 0.266 e. The third kappa shape index (κ3) is 2.88. The molecule has 0 atom stereocenters. The van der Waals surface area contributed by atoms with Crippen molar-refractivity contribution in [1.29, 1.82) is 0 Å². The Balaban J connectivity index is 1.72. The lowest BCUT2D eigenvalue weighted by molar-refractivity contribution is -0.121. The molecular formula is C20H17N3O2S. The number of amides is 1. The Bertz CT molecular complexity index is 1080. The zero-order valence-electron chi connectivity index (χ0n) is 14.4. The normalized spacial score (nSPS) is 17.8. The van der Waals surface area contributed by atoms with Gasteiger partial charge in [-0.25, -0.2) is 4.99 Å². The number of aromatic nitrogens is 1. The fraction of sp³-hybridized carbons (Fsp3) is 0.100. The zero-order valence-corrected chi connectivity index (χ0v) is 15.2. The van der Waals surface area contributed by atoms with Gasteiger partial charge in [0.05, 0.1) is 10.6 Å². The van der Waals surface area contributed by atoms with Crippen LogP contribution in [0.5, 0.6) is 5.75 Å². The number of carbonyl (C=O) groups excluding carboxylic acids is 1. The molecule has 0 unspecified atom stereocenters. The standard InChI is InChI=1S/C20H17N3O2S/c1-22-12-13(16-8-3-4-9-17(16)22)10-18-19(25)23(2)20(26-18)21-14-6-5-7-15(24)11-14/h3-12,24H,1-2H3/b18-10-,21-20?. The monoisotopic (exact) mass is 363 g/mol. The van der Waals surface area contributed by atoms with Crippen LogP contribution in [0, 0.1) is 0 Å². The summed E-state index contributed by atoms with van der Waals surface area (Å²) in [6.45, 7) is 0. The summed E-state index contributed by atoms with van der Waals surface area (Å²) >= 11 is 1.34. The van der Waals surface area contributed by atoms with Crippen molar-refractivity contribution >= 4 is 45.5 Å². The molecular weight excluding hydrogens is 346 g/mol. The molecule has 2 heterocycles. The lowest BCUT2D eigenvalue weighted by Gasteiger charge is -2.07. The lowest BCUT2D eigenvalue weighted by atomic mass is 10.1. The van der Waals surface area contributed by atoms with E-state index in [2.05, 4.69) is 21.7 Å². The maximum absolute atomic E-state index is 12.6. The first kappa shape index (κ1) is 16.5. The van der Waals surface area contributed by atoms with E-state index in [1.54, 1.807) is 31.3 Å². The molecule has 5 nitrogen and oxygen atoms in total. The number of carbonyl (C=O) groups is 1. The van der Waals surface area contributed by atoms with E-state index in [0.717, 1.165) is 16.5 Å². The molecule has 1 fully saturated rings. The zero-order chi connectivity index (χ0) is 18.3. The number of aryl methyl sites for hydroxylation is 1. The Kier molecular flexibility index (Phi) is 4.05. The van der Waals surface area contributed by atoms with Gasteiger partial charge in [-0.05, 0) is 36.0 Å². The minimum absolute atomic E-state index is 0.0816. The van der Waals surface area contributed by atoms with Gasteiger partial charge in [-0.15, -0.1) is 0 Å². The summed E-state index contributed by atoms with van der Waals surface area (Å²) in [4.78, 5) is 19.3. The molecule has 2 aromatic carbocycles. The van der Waals surface area contributed by atoms with E-state index in [-0.39, 0.29) is 11.7 Å². The second-order valence-corrected chi connectivity index (χ2v) is 7.11. The molecule has 0 bridgehead atoms. The van der Waals surface area contributed by atoms with E-state index < -0.39 is 0 Å².